The van der Waals surface area contributed by atoms with E-state index in [0.717, 1.165) is 47.9 Å². The summed E-state index contributed by atoms with van der Waals surface area (Å²) in [5, 5.41) is 43.0. The number of primary amides is 4. The van der Waals surface area contributed by atoms with Crippen molar-refractivity contribution in [2.75, 3.05) is 28.2 Å². The normalized spacial score (nSPS) is 24.9. The number of aliphatic hydroxyl groups is 4. The molecule has 8 amide bonds. The lowest BCUT2D eigenvalue weighted by Gasteiger charge is -2.18. The van der Waals surface area contributed by atoms with Crippen LogP contribution in [0.4, 0.5) is 0 Å². The molecule has 116 heavy (non-hydrogen) atoms. The Morgan fingerprint density at radius 2 is 0.534 bits per heavy atom. The summed E-state index contributed by atoms with van der Waals surface area (Å²) in [6.07, 6.45) is 10.4. The number of rotatable bonds is 8. The van der Waals surface area contributed by atoms with Crippen LogP contribution in [0, 0.1) is 71.0 Å². The van der Waals surface area contributed by atoms with Crippen LogP contribution in [0.2, 0.25) is 0 Å². The minimum atomic E-state index is -1.62. The van der Waals surface area contributed by atoms with Gasteiger partial charge < -0.3 is 63.0 Å². The number of carbonyl (C=O) groups excluding carboxylic acids is 8. The van der Waals surface area contributed by atoms with Gasteiger partial charge in [-0.05, 0) is 123 Å². The van der Waals surface area contributed by atoms with Crippen LogP contribution in [-0.2, 0) is 19.2 Å². The molecule has 0 radical (unpaired) electrons. The van der Waals surface area contributed by atoms with Gasteiger partial charge in [-0.2, -0.15) is 0 Å². The van der Waals surface area contributed by atoms with E-state index >= 15 is 0 Å². The molecular weight excluding hydrogens is 1470 g/mol. The second kappa shape index (κ2) is 27.7. The first kappa shape index (κ1) is 74.2. The van der Waals surface area contributed by atoms with E-state index in [0.29, 0.717) is 67.6 Å². The van der Waals surface area contributed by atoms with E-state index in [-0.39, 0.29) is 94.2 Å². The summed E-state index contributed by atoms with van der Waals surface area (Å²) in [5.74, 6) is 21.0. The van der Waals surface area contributed by atoms with Crippen LogP contribution < -0.4 is 22.9 Å². The van der Waals surface area contributed by atoms with Crippen molar-refractivity contribution >= 4 is 69.3 Å². The molecule has 20 rings (SSSR count). The largest absolute Gasteiger partial charge is 0.369 e. The monoisotopic (exact) mass is 1540 g/mol. The molecule has 4 saturated carbocycles. The number of nitrogens with zero attached hydrogens (tertiary/aromatic N) is 12. The van der Waals surface area contributed by atoms with Gasteiger partial charge in [0, 0.05) is 145 Å². The summed E-state index contributed by atoms with van der Waals surface area (Å²) in [6, 6.07) is 51.3. The number of fused-ring (bicyclic) bond motifs is 8. The predicted octanol–water partition coefficient (Wildman–Crippen LogP) is 4.17. The van der Waals surface area contributed by atoms with E-state index in [1.54, 1.807) is 114 Å². The fourth-order valence-electron chi connectivity index (χ4n) is 16.4. The highest BCUT2D eigenvalue weighted by Gasteiger charge is 2.69. The Bertz CT molecular complexity index is 5790. The van der Waals surface area contributed by atoms with Crippen LogP contribution >= 0.6 is 0 Å². The Hall–Kier alpha value is -14.5. The Labute approximate surface area is 661 Å². The lowest BCUT2D eigenvalue weighted by molar-refractivity contribution is -0.141. The number of benzene rings is 4. The first-order chi connectivity index (χ1) is 55.6. The summed E-state index contributed by atoms with van der Waals surface area (Å²) in [6.45, 7) is 0. The number of likely N-dealkylation sites (tertiary alicyclic amines) is 4. The standard InChI is InChI=1S/4C22H18N4O3/c4*1-25-17-12-15(17)22(29,21(25)28)9-8-13-5-4-6-14(11-13)20-24-18(19(23)27)16-7-2-3-10-26(16)20/h4*2-7,10-11,15,17,29H,12H2,1H3,(H2,23,27)/t2*15-,17+,22+;2*15-,17+,22-/m1010/s1. The molecule has 0 bridgehead atoms. The molecule has 4 saturated heterocycles. The molecule has 12 heterocycles. The van der Waals surface area contributed by atoms with Gasteiger partial charge >= 0.3 is 0 Å². The first-order valence-corrected chi connectivity index (χ1v) is 37.2. The number of imidazole rings is 4. The van der Waals surface area contributed by atoms with Crippen LogP contribution in [0.25, 0.3) is 67.6 Å². The Morgan fingerprint density at radius 3 is 0.716 bits per heavy atom. The number of hydrogen-bond donors (Lipinski definition) is 8. The molecular formula is C88H72N16O12. The van der Waals surface area contributed by atoms with Crippen LogP contribution in [0.5, 0.6) is 0 Å². The average Bonchev–Trinajstić information content (AvgIpc) is 1.56. The molecule has 8 fully saturated rings. The van der Waals surface area contributed by atoms with Crippen LogP contribution in [-0.4, -0.2) is 200 Å². The maximum absolute atomic E-state index is 12.3. The first-order valence-electron chi connectivity index (χ1n) is 37.2. The Morgan fingerprint density at radius 1 is 0.328 bits per heavy atom. The minimum Gasteiger partial charge on any atom is -0.369 e. The van der Waals surface area contributed by atoms with Crippen molar-refractivity contribution in [3.8, 4) is 92.9 Å². The number of aromatic nitrogens is 8. The highest BCUT2D eigenvalue weighted by Crippen LogP contribution is 2.53. The van der Waals surface area contributed by atoms with Crippen molar-refractivity contribution in [1.82, 2.24) is 57.1 Å². The van der Waals surface area contributed by atoms with Crippen molar-refractivity contribution in [3.63, 3.8) is 0 Å². The van der Waals surface area contributed by atoms with Gasteiger partial charge in [0.1, 0.15) is 23.3 Å². The number of hydrogen-bond acceptors (Lipinski definition) is 16. The topological polar surface area (TPSA) is 404 Å². The van der Waals surface area contributed by atoms with E-state index in [1.807, 2.05) is 146 Å². The van der Waals surface area contributed by atoms with Gasteiger partial charge in [-0.3, -0.25) is 56.0 Å². The molecule has 12 aromatic rings. The number of amides is 8. The smallest absolute Gasteiger partial charge is 0.269 e. The van der Waals surface area contributed by atoms with Crippen molar-refractivity contribution in [2.45, 2.75) is 72.3 Å². The highest BCUT2D eigenvalue weighted by atomic mass is 16.3. The molecule has 4 aliphatic carbocycles. The Kier molecular flexibility index (Phi) is 17.7. The molecule has 8 aromatic heterocycles. The SMILES string of the molecule is CN1C(=O)[C@@](O)(C#Cc2cccc(-c3nc(C(N)=O)c4ccccn34)c2)[C@@H]2C[C@@H]21.CN1C(=O)[C@@](O)(C#Cc2cccc(-c3nc(C(N)=O)c4ccccn34)c2)[C@H]2C[C@H]21.CN1C(=O)[C@](O)(C#Cc2cccc(-c3nc(C(N)=O)c4ccccn34)c2)[C@@H]2C[C@@H]21.CN1C(=O)[C@](O)(C#Cc2cccc(-c3nc(C(N)=O)c4ccccn34)c2)[C@H]2C[C@H]21. The molecule has 576 valence electrons. The van der Waals surface area contributed by atoms with Gasteiger partial charge in [0.05, 0.1) is 22.1 Å². The molecule has 8 aliphatic rings. The number of piperidine rings is 4. The van der Waals surface area contributed by atoms with Gasteiger partial charge in [0.15, 0.2) is 22.8 Å². The zero-order valence-electron chi connectivity index (χ0n) is 62.7. The molecule has 28 heteroatoms. The van der Waals surface area contributed by atoms with E-state index < -0.39 is 46.0 Å². The molecule has 0 spiro atoms. The third kappa shape index (κ3) is 12.5. The third-order valence-electron chi connectivity index (χ3n) is 22.9. The maximum Gasteiger partial charge on any atom is 0.269 e. The van der Waals surface area contributed by atoms with Gasteiger partial charge in [0.2, 0.25) is 22.4 Å². The lowest BCUT2D eigenvalue weighted by Crippen LogP contribution is -2.41. The third-order valence-corrected chi connectivity index (χ3v) is 22.9. The summed E-state index contributed by atoms with van der Waals surface area (Å²) in [4.78, 5) is 120. The number of pyridine rings is 4. The van der Waals surface area contributed by atoms with Gasteiger partial charge in [-0.15, -0.1) is 0 Å². The fraction of sp³-hybridized carbons (Fsp3) is 0.227. The van der Waals surface area contributed by atoms with Crippen molar-refractivity contribution in [1.29, 1.82) is 0 Å². The predicted molar refractivity (Wildman–Crippen MR) is 423 cm³/mol. The fourth-order valence-corrected chi connectivity index (χ4v) is 16.4. The van der Waals surface area contributed by atoms with Crippen molar-refractivity contribution in [2.24, 2.45) is 46.6 Å². The summed E-state index contributed by atoms with van der Waals surface area (Å²) >= 11 is 0. The zero-order chi connectivity index (χ0) is 81.3. The van der Waals surface area contributed by atoms with Crippen LogP contribution in [0.3, 0.4) is 0 Å². The van der Waals surface area contributed by atoms with Gasteiger partial charge in [0.25, 0.3) is 47.3 Å². The number of likely N-dealkylation sites (N-methyl/N-ethyl adjacent to an activating group) is 4. The maximum atomic E-state index is 12.3. The lowest BCUT2D eigenvalue weighted by atomic mass is 9.98. The summed E-state index contributed by atoms with van der Waals surface area (Å²) in [7, 11) is 6.81. The number of nitrogens with two attached hydrogens (primary N) is 4. The summed E-state index contributed by atoms with van der Waals surface area (Å²) < 4.78 is 7.18. The van der Waals surface area contributed by atoms with Gasteiger partial charge in [-0.25, -0.2) is 19.9 Å². The van der Waals surface area contributed by atoms with E-state index in [1.165, 1.54) is 0 Å². The second-order valence-corrected chi connectivity index (χ2v) is 30.1. The molecule has 4 aliphatic heterocycles. The van der Waals surface area contributed by atoms with Crippen LogP contribution in [0.1, 0.15) is 89.9 Å². The second-order valence-electron chi connectivity index (χ2n) is 30.1. The van der Waals surface area contributed by atoms with E-state index in [4.69, 9.17) is 22.9 Å². The Balaban J connectivity index is 0.000000111. The molecule has 12 atom stereocenters. The molecule has 12 N–H and O–H groups in total. The molecule has 4 aromatic carbocycles. The summed E-state index contributed by atoms with van der Waals surface area (Å²) in [5.41, 5.74) is 24.3. The zero-order valence-corrected chi connectivity index (χ0v) is 62.7. The minimum absolute atomic E-state index is 0.0941. The average molecular weight is 1550 g/mol. The molecule has 0 unspecified atom stereocenters. The van der Waals surface area contributed by atoms with Gasteiger partial charge in [-0.1, -0.05) is 120 Å². The molecule has 28 nitrogen and oxygen atoms in total. The number of carbonyl (C=O) groups is 8. The van der Waals surface area contributed by atoms with E-state index in [9.17, 15) is 58.8 Å². The van der Waals surface area contributed by atoms with Crippen molar-refractivity contribution in [3.05, 3.63) is 240 Å². The quantitative estimate of drug-likeness (QED) is 0.0990. The van der Waals surface area contributed by atoms with Crippen LogP contribution in [0.15, 0.2) is 195 Å². The van der Waals surface area contributed by atoms with Crippen molar-refractivity contribution < 1.29 is 58.8 Å². The van der Waals surface area contributed by atoms with E-state index in [2.05, 4.69) is 67.3 Å². The highest BCUT2D eigenvalue weighted by molar-refractivity contribution is 6.02.